The lowest BCUT2D eigenvalue weighted by Gasteiger charge is -2.25. The number of hydrogen-bond donors (Lipinski definition) is 1. The fraction of sp³-hybridized carbons (Fsp3) is 0.333. The van der Waals surface area contributed by atoms with Gasteiger partial charge in [-0.3, -0.25) is 9.59 Å². The average molecular weight is 312 g/mol. The number of terminal acetylenes is 1. The van der Waals surface area contributed by atoms with Gasteiger partial charge < -0.3 is 10.6 Å². The van der Waals surface area contributed by atoms with Crippen molar-refractivity contribution in [1.29, 1.82) is 0 Å². The van der Waals surface area contributed by atoms with Crippen LogP contribution in [-0.4, -0.2) is 29.3 Å². The van der Waals surface area contributed by atoms with Crippen LogP contribution >= 0.6 is 0 Å². The average Bonchev–Trinajstić information content (AvgIpc) is 2.41. The number of aryl methyl sites for hydroxylation is 1. The number of benzene rings is 1. The highest BCUT2D eigenvalue weighted by molar-refractivity contribution is 5.97. The van der Waals surface area contributed by atoms with Gasteiger partial charge in [0.15, 0.2) is 0 Å². The molecule has 22 heavy (non-hydrogen) atoms. The fourth-order valence-corrected chi connectivity index (χ4v) is 1.87. The Morgan fingerprint density at radius 1 is 1.36 bits per heavy atom. The summed E-state index contributed by atoms with van der Waals surface area (Å²) in [6.45, 7) is 2.56. The molecule has 0 aliphatic carbocycles. The number of amides is 2. The summed E-state index contributed by atoms with van der Waals surface area (Å²) in [4.78, 5) is 24.5. The monoisotopic (exact) mass is 312 g/mol. The lowest BCUT2D eigenvalue weighted by molar-refractivity contribution is -0.137. The van der Waals surface area contributed by atoms with Crippen molar-refractivity contribution in [2.75, 3.05) is 6.54 Å². The van der Waals surface area contributed by atoms with Gasteiger partial charge in [-0.1, -0.05) is 5.92 Å². The second-order valence-electron chi connectivity index (χ2n) is 4.80. The van der Waals surface area contributed by atoms with Gasteiger partial charge in [-0.15, -0.1) is 6.42 Å². The first-order chi connectivity index (χ1) is 10.1. The predicted octanol–water partition coefficient (Wildman–Crippen LogP) is 1.96. The Bertz CT molecular complexity index is 633. The lowest BCUT2D eigenvalue weighted by atomic mass is 10.0. The SMILES string of the molecule is C#CCN(C(=O)c1cc(C)cc(C(F)(F)F)c1)[C@@H](C)C(N)=O. The van der Waals surface area contributed by atoms with E-state index in [-0.39, 0.29) is 17.7 Å². The van der Waals surface area contributed by atoms with E-state index in [1.165, 1.54) is 19.9 Å². The Hall–Kier alpha value is -2.49. The Labute approximate surface area is 126 Å². The zero-order valence-electron chi connectivity index (χ0n) is 12.1. The predicted molar refractivity (Wildman–Crippen MR) is 74.7 cm³/mol. The van der Waals surface area contributed by atoms with Gasteiger partial charge >= 0.3 is 6.18 Å². The van der Waals surface area contributed by atoms with E-state index in [4.69, 9.17) is 12.2 Å². The molecule has 0 heterocycles. The van der Waals surface area contributed by atoms with Crippen molar-refractivity contribution in [3.8, 4) is 12.3 Å². The maximum atomic E-state index is 12.8. The number of hydrogen-bond acceptors (Lipinski definition) is 2. The number of primary amides is 1. The number of carbonyl (C=O) groups is 2. The molecule has 0 aromatic heterocycles. The van der Waals surface area contributed by atoms with Crippen LogP contribution in [0.25, 0.3) is 0 Å². The molecule has 0 fully saturated rings. The maximum absolute atomic E-state index is 12.8. The quantitative estimate of drug-likeness (QED) is 0.864. The molecule has 2 amide bonds. The minimum atomic E-state index is -4.58. The molecule has 0 saturated heterocycles. The van der Waals surface area contributed by atoms with Gasteiger partial charge in [-0.25, -0.2) is 0 Å². The molecule has 0 bridgehead atoms. The lowest BCUT2D eigenvalue weighted by Crippen LogP contribution is -2.46. The highest BCUT2D eigenvalue weighted by atomic mass is 19.4. The van der Waals surface area contributed by atoms with E-state index in [2.05, 4.69) is 5.92 Å². The molecule has 4 nitrogen and oxygen atoms in total. The molecule has 0 saturated carbocycles. The van der Waals surface area contributed by atoms with Gasteiger partial charge in [0.05, 0.1) is 12.1 Å². The standard InChI is InChI=1S/C15H15F3N2O2/c1-4-5-20(10(3)13(19)21)14(22)11-6-9(2)7-12(8-11)15(16,17)18/h1,6-8,10H,5H2,2-3H3,(H2,19,21)/t10-/m0/s1. The molecule has 7 heteroatoms. The first kappa shape index (κ1) is 17.6. The maximum Gasteiger partial charge on any atom is 0.416 e. The van der Waals surface area contributed by atoms with Crippen LogP contribution in [0.1, 0.15) is 28.4 Å². The van der Waals surface area contributed by atoms with Crippen LogP contribution in [0.5, 0.6) is 0 Å². The van der Waals surface area contributed by atoms with E-state index in [0.717, 1.165) is 17.0 Å². The Balaban J connectivity index is 3.28. The summed E-state index contributed by atoms with van der Waals surface area (Å²) in [6, 6.07) is 1.93. The highest BCUT2D eigenvalue weighted by Crippen LogP contribution is 2.31. The third-order valence-electron chi connectivity index (χ3n) is 3.05. The summed E-state index contributed by atoms with van der Waals surface area (Å²) in [6.07, 6.45) is 0.560. The summed E-state index contributed by atoms with van der Waals surface area (Å²) in [5.41, 5.74) is 4.26. The molecular weight excluding hydrogens is 297 g/mol. The van der Waals surface area contributed by atoms with Crippen LogP contribution in [0.15, 0.2) is 18.2 Å². The molecule has 1 aromatic rings. The third kappa shape index (κ3) is 4.01. The normalized spacial score (nSPS) is 12.4. The van der Waals surface area contributed by atoms with Gasteiger partial charge in [0, 0.05) is 5.56 Å². The highest BCUT2D eigenvalue weighted by Gasteiger charge is 2.32. The second-order valence-corrected chi connectivity index (χ2v) is 4.80. The Morgan fingerprint density at radius 3 is 2.41 bits per heavy atom. The fourth-order valence-electron chi connectivity index (χ4n) is 1.87. The van der Waals surface area contributed by atoms with E-state index in [1.807, 2.05) is 0 Å². The summed E-state index contributed by atoms with van der Waals surface area (Å²) in [5, 5.41) is 0. The summed E-state index contributed by atoms with van der Waals surface area (Å²) < 4.78 is 38.4. The number of rotatable bonds is 4. The number of alkyl halides is 3. The van der Waals surface area contributed by atoms with E-state index in [0.29, 0.717) is 0 Å². The summed E-state index contributed by atoms with van der Waals surface area (Å²) >= 11 is 0. The smallest absolute Gasteiger partial charge is 0.368 e. The van der Waals surface area contributed by atoms with Crippen molar-refractivity contribution in [2.24, 2.45) is 5.73 Å². The van der Waals surface area contributed by atoms with Crippen molar-refractivity contribution in [1.82, 2.24) is 4.90 Å². The molecule has 0 radical (unpaired) electrons. The van der Waals surface area contributed by atoms with Crippen LogP contribution in [-0.2, 0) is 11.0 Å². The van der Waals surface area contributed by atoms with Crippen LogP contribution < -0.4 is 5.73 Å². The van der Waals surface area contributed by atoms with E-state index in [1.54, 1.807) is 0 Å². The third-order valence-corrected chi connectivity index (χ3v) is 3.05. The van der Waals surface area contributed by atoms with Crippen molar-refractivity contribution >= 4 is 11.8 Å². The van der Waals surface area contributed by atoms with E-state index < -0.39 is 29.6 Å². The summed E-state index contributed by atoms with van der Waals surface area (Å²) in [5.74, 6) is 0.611. The van der Waals surface area contributed by atoms with Crippen LogP contribution in [0.4, 0.5) is 13.2 Å². The van der Waals surface area contributed by atoms with Crippen LogP contribution in [0.3, 0.4) is 0 Å². The van der Waals surface area contributed by atoms with Crippen LogP contribution in [0.2, 0.25) is 0 Å². The zero-order valence-corrected chi connectivity index (χ0v) is 12.1. The molecule has 1 atom stereocenters. The van der Waals surface area contributed by atoms with Gasteiger partial charge in [0.25, 0.3) is 5.91 Å². The number of carbonyl (C=O) groups excluding carboxylic acids is 2. The van der Waals surface area contributed by atoms with E-state index in [9.17, 15) is 22.8 Å². The summed E-state index contributed by atoms with van der Waals surface area (Å²) in [7, 11) is 0. The van der Waals surface area contributed by atoms with Gasteiger partial charge in [0.2, 0.25) is 5.91 Å². The minimum absolute atomic E-state index is 0.198. The number of nitrogens with two attached hydrogens (primary N) is 1. The van der Waals surface area contributed by atoms with Gasteiger partial charge in [-0.05, 0) is 37.6 Å². The van der Waals surface area contributed by atoms with Crippen LogP contribution in [0, 0.1) is 19.3 Å². The van der Waals surface area contributed by atoms with Crippen molar-refractivity contribution < 1.29 is 22.8 Å². The largest absolute Gasteiger partial charge is 0.416 e. The molecule has 0 aliphatic heterocycles. The van der Waals surface area contributed by atoms with Gasteiger partial charge in [-0.2, -0.15) is 13.2 Å². The Morgan fingerprint density at radius 2 is 1.95 bits per heavy atom. The van der Waals surface area contributed by atoms with Gasteiger partial charge in [0.1, 0.15) is 6.04 Å². The van der Waals surface area contributed by atoms with E-state index >= 15 is 0 Å². The molecule has 0 aliphatic rings. The molecule has 1 rings (SSSR count). The number of nitrogens with zero attached hydrogens (tertiary/aromatic N) is 1. The second kappa shape index (κ2) is 6.52. The first-order valence-corrected chi connectivity index (χ1v) is 6.30. The van der Waals surface area contributed by atoms with Crippen molar-refractivity contribution in [2.45, 2.75) is 26.1 Å². The molecular formula is C15H15F3N2O2. The zero-order chi connectivity index (χ0) is 17.1. The van der Waals surface area contributed by atoms with Crippen molar-refractivity contribution in [3.05, 3.63) is 34.9 Å². The molecule has 0 spiro atoms. The molecule has 118 valence electrons. The molecule has 1 aromatic carbocycles. The molecule has 0 unspecified atom stereocenters. The Kier molecular flexibility index (Phi) is 5.20. The first-order valence-electron chi connectivity index (χ1n) is 6.30. The molecule has 2 N–H and O–H groups in total. The minimum Gasteiger partial charge on any atom is -0.368 e. The van der Waals surface area contributed by atoms with Crippen molar-refractivity contribution in [3.63, 3.8) is 0 Å². The topological polar surface area (TPSA) is 63.4 Å². The number of halogens is 3.